The topological polar surface area (TPSA) is 55.5 Å². The first-order chi connectivity index (χ1) is 10.9. The quantitative estimate of drug-likeness (QED) is 0.826. The van der Waals surface area contributed by atoms with Crippen LogP contribution in [0.3, 0.4) is 0 Å². The molecule has 2 aromatic rings. The normalized spacial score (nSPS) is 12.2. The molecule has 0 saturated carbocycles. The fourth-order valence-electron chi connectivity index (χ4n) is 2.88. The maximum Gasteiger partial charge on any atom is 0.176 e. The predicted octanol–water partition coefficient (Wildman–Crippen LogP) is 4.35. The average molecular weight is 334 g/mol. The molecule has 124 valence electrons. The Morgan fingerprint density at radius 1 is 1.13 bits per heavy atom. The third kappa shape index (κ3) is 4.40. The molecule has 0 spiro atoms. The monoisotopic (exact) mass is 333 g/mol. The van der Waals surface area contributed by atoms with E-state index in [2.05, 4.69) is 32.0 Å². The molecule has 3 N–H and O–H groups in total. The van der Waals surface area contributed by atoms with Gasteiger partial charge in [-0.3, -0.25) is 0 Å². The summed E-state index contributed by atoms with van der Waals surface area (Å²) in [5, 5.41) is 10.3. The van der Waals surface area contributed by atoms with E-state index < -0.39 is 0 Å². The van der Waals surface area contributed by atoms with Crippen LogP contribution in [-0.2, 0) is 6.42 Å². The summed E-state index contributed by atoms with van der Waals surface area (Å²) in [5.41, 5.74) is 10.7. The molecule has 2 rings (SSSR count). The van der Waals surface area contributed by atoms with Crippen molar-refractivity contribution in [3.63, 3.8) is 0 Å². The molecule has 23 heavy (non-hydrogen) atoms. The van der Waals surface area contributed by atoms with E-state index in [1.54, 1.807) is 6.07 Å². The van der Waals surface area contributed by atoms with Crippen LogP contribution < -0.4 is 10.5 Å². The van der Waals surface area contributed by atoms with Gasteiger partial charge in [0, 0.05) is 5.92 Å². The highest BCUT2D eigenvalue weighted by Crippen LogP contribution is 2.36. The molecule has 0 bridgehead atoms. The first-order valence-electron chi connectivity index (χ1n) is 7.87. The van der Waals surface area contributed by atoms with Gasteiger partial charge in [-0.1, -0.05) is 40.9 Å². The number of phenolic OH excluding ortho intramolecular Hbond substituents is 1. The zero-order valence-corrected chi connectivity index (χ0v) is 14.7. The van der Waals surface area contributed by atoms with Crippen molar-refractivity contribution in [1.82, 2.24) is 0 Å². The first kappa shape index (κ1) is 17.6. The summed E-state index contributed by atoms with van der Waals surface area (Å²) < 4.78 is 5.45. The van der Waals surface area contributed by atoms with Gasteiger partial charge in [-0.05, 0) is 57.0 Å². The van der Waals surface area contributed by atoms with Gasteiger partial charge >= 0.3 is 0 Å². The number of hydrogen-bond acceptors (Lipinski definition) is 3. The van der Waals surface area contributed by atoms with Gasteiger partial charge in [0.15, 0.2) is 11.5 Å². The van der Waals surface area contributed by atoms with Gasteiger partial charge in [0.2, 0.25) is 0 Å². The van der Waals surface area contributed by atoms with Crippen molar-refractivity contribution in [3.8, 4) is 11.5 Å². The van der Waals surface area contributed by atoms with Crippen LogP contribution in [0, 0.1) is 13.8 Å². The van der Waals surface area contributed by atoms with Crippen molar-refractivity contribution in [1.29, 1.82) is 0 Å². The molecule has 0 heterocycles. The molecule has 0 aliphatic rings. The van der Waals surface area contributed by atoms with E-state index >= 15 is 0 Å². The molecule has 0 aliphatic heterocycles. The van der Waals surface area contributed by atoms with Crippen molar-refractivity contribution in [2.75, 3.05) is 13.2 Å². The van der Waals surface area contributed by atoms with E-state index in [9.17, 15) is 5.11 Å². The second-order valence-electron chi connectivity index (χ2n) is 5.92. The van der Waals surface area contributed by atoms with E-state index in [0.29, 0.717) is 23.9 Å². The number of ether oxygens (including phenoxy) is 1. The molecule has 0 aliphatic carbocycles. The summed E-state index contributed by atoms with van der Waals surface area (Å²) in [5.74, 6) is 0.614. The summed E-state index contributed by atoms with van der Waals surface area (Å²) >= 11 is 6.12. The number of hydrogen-bond donors (Lipinski definition) is 2. The van der Waals surface area contributed by atoms with Gasteiger partial charge in [0.1, 0.15) is 0 Å². The third-order valence-electron chi connectivity index (χ3n) is 3.87. The highest BCUT2D eigenvalue weighted by atomic mass is 35.5. The lowest BCUT2D eigenvalue weighted by Gasteiger charge is -2.18. The standard InChI is InChI=1S/C19H24ClNO2/c1-4-23-18-10-14(9-17(20)19(18)22)8-16(11-21)15-6-12(2)5-13(3)7-15/h5-7,9-10,16,22H,4,8,11,21H2,1-3H3. The SMILES string of the molecule is CCOc1cc(CC(CN)c2cc(C)cc(C)c2)cc(Cl)c1O. The number of nitrogens with two attached hydrogens (primary N) is 1. The van der Waals surface area contributed by atoms with Gasteiger partial charge in [-0.2, -0.15) is 0 Å². The van der Waals surface area contributed by atoms with E-state index in [1.807, 2.05) is 13.0 Å². The van der Waals surface area contributed by atoms with E-state index in [-0.39, 0.29) is 11.7 Å². The Morgan fingerprint density at radius 2 is 1.78 bits per heavy atom. The lowest BCUT2D eigenvalue weighted by atomic mass is 9.90. The van der Waals surface area contributed by atoms with Crippen LogP contribution in [0.5, 0.6) is 11.5 Å². The summed E-state index contributed by atoms with van der Waals surface area (Å²) in [7, 11) is 0. The van der Waals surface area contributed by atoms with Crippen molar-refractivity contribution in [2.45, 2.75) is 33.1 Å². The maximum absolute atomic E-state index is 9.95. The Bertz CT molecular complexity index is 665. The lowest BCUT2D eigenvalue weighted by molar-refractivity contribution is 0.318. The fourth-order valence-corrected chi connectivity index (χ4v) is 3.11. The van der Waals surface area contributed by atoms with Crippen LogP contribution in [0.2, 0.25) is 5.02 Å². The summed E-state index contributed by atoms with van der Waals surface area (Å²) in [6, 6.07) is 10.1. The average Bonchev–Trinajstić information content (AvgIpc) is 2.48. The van der Waals surface area contributed by atoms with Gasteiger partial charge < -0.3 is 15.6 Å². The molecule has 1 atom stereocenters. The van der Waals surface area contributed by atoms with Crippen LogP contribution in [-0.4, -0.2) is 18.3 Å². The van der Waals surface area contributed by atoms with E-state index in [1.165, 1.54) is 16.7 Å². The second-order valence-corrected chi connectivity index (χ2v) is 6.32. The van der Waals surface area contributed by atoms with Gasteiger partial charge in [-0.15, -0.1) is 0 Å². The highest BCUT2D eigenvalue weighted by Gasteiger charge is 2.15. The van der Waals surface area contributed by atoms with Crippen molar-refractivity contribution >= 4 is 11.6 Å². The zero-order chi connectivity index (χ0) is 17.0. The van der Waals surface area contributed by atoms with E-state index in [0.717, 1.165) is 12.0 Å². The molecule has 0 radical (unpaired) electrons. The maximum atomic E-state index is 9.95. The molecule has 3 nitrogen and oxygen atoms in total. The molecule has 0 aromatic heterocycles. The number of aryl methyl sites for hydroxylation is 2. The van der Waals surface area contributed by atoms with Crippen LogP contribution in [0.25, 0.3) is 0 Å². The van der Waals surface area contributed by atoms with Crippen LogP contribution >= 0.6 is 11.6 Å². The molecule has 4 heteroatoms. The molecule has 0 amide bonds. The molecule has 0 fully saturated rings. The number of benzene rings is 2. The molecular formula is C19H24ClNO2. The smallest absolute Gasteiger partial charge is 0.176 e. The van der Waals surface area contributed by atoms with Gasteiger partial charge in [0.05, 0.1) is 11.6 Å². The fraction of sp³-hybridized carbons (Fsp3) is 0.368. The molecule has 0 saturated heterocycles. The summed E-state index contributed by atoms with van der Waals surface area (Å²) in [6.07, 6.45) is 0.749. The number of phenols is 1. The third-order valence-corrected chi connectivity index (χ3v) is 4.16. The van der Waals surface area contributed by atoms with Crippen LogP contribution in [0.1, 0.15) is 35.1 Å². The Balaban J connectivity index is 2.31. The van der Waals surface area contributed by atoms with Gasteiger partial charge in [0.25, 0.3) is 0 Å². The van der Waals surface area contributed by atoms with E-state index in [4.69, 9.17) is 22.1 Å². The Morgan fingerprint density at radius 3 is 2.35 bits per heavy atom. The van der Waals surface area contributed by atoms with Crippen molar-refractivity contribution in [2.24, 2.45) is 5.73 Å². The lowest BCUT2D eigenvalue weighted by Crippen LogP contribution is -2.15. The number of halogens is 1. The largest absolute Gasteiger partial charge is 0.503 e. The van der Waals surface area contributed by atoms with Crippen molar-refractivity contribution < 1.29 is 9.84 Å². The zero-order valence-electron chi connectivity index (χ0n) is 13.9. The minimum atomic E-state index is -0.00651. The first-order valence-corrected chi connectivity index (χ1v) is 8.24. The predicted molar refractivity (Wildman–Crippen MR) is 95.7 cm³/mol. The Labute approximate surface area is 143 Å². The summed E-state index contributed by atoms with van der Waals surface area (Å²) in [6.45, 7) is 7.08. The van der Waals surface area contributed by atoms with Crippen LogP contribution in [0.15, 0.2) is 30.3 Å². The molecule has 2 aromatic carbocycles. The Kier molecular flexibility index (Phi) is 5.91. The number of rotatable bonds is 6. The van der Waals surface area contributed by atoms with Crippen molar-refractivity contribution in [3.05, 3.63) is 57.6 Å². The minimum absolute atomic E-state index is 0.00651. The summed E-state index contributed by atoms with van der Waals surface area (Å²) in [4.78, 5) is 0. The minimum Gasteiger partial charge on any atom is -0.503 e. The number of aromatic hydroxyl groups is 1. The van der Waals surface area contributed by atoms with Crippen LogP contribution in [0.4, 0.5) is 0 Å². The highest BCUT2D eigenvalue weighted by molar-refractivity contribution is 6.32. The molecule has 1 unspecified atom stereocenters. The molecular weight excluding hydrogens is 310 g/mol. The Hall–Kier alpha value is -1.71. The second kappa shape index (κ2) is 7.71. The van der Waals surface area contributed by atoms with Gasteiger partial charge in [-0.25, -0.2) is 0 Å².